The molecular formula is C110H90BN3Si3. The number of fused-ring (bicyclic) bond motifs is 7. The highest BCUT2D eigenvalue weighted by molar-refractivity contribution is 7.21. The Bertz CT molecular complexity index is 6340. The average Bonchev–Trinajstić information content (AvgIpc) is 1.21. The van der Waals surface area contributed by atoms with Gasteiger partial charge in [0, 0.05) is 44.9 Å². The summed E-state index contributed by atoms with van der Waals surface area (Å²) in [5.41, 5.74) is 18.6. The summed E-state index contributed by atoms with van der Waals surface area (Å²) in [5, 5.41) is 18.2. The Balaban J connectivity index is 0.965. The Hall–Kier alpha value is -13.1. The molecule has 17 aromatic carbocycles. The zero-order chi connectivity index (χ0) is 79.0. The molecule has 0 bridgehead atoms. The largest absolute Gasteiger partial charge is 0.311 e. The van der Waals surface area contributed by atoms with E-state index in [1.807, 2.05) is 0 Å². The molecule has 0 saturated heterocycles. The molecular weight excluding hydrogens is 1460 g/mol. The lowest BCUT2D eigenvalue weighted by Crippen LogP contribution is -2.75. The van der Waals surface area contributed by atoms with Gasteiger partial charge in [0.05, 0.1) is 16.7 Å². The molecule has 0 atom stereocenters. The summed E-state index contributed by atoms with van der Waals surface area (Å²) in [4.78, 5) is 5.41. The number of hydrogen-bond acceptors (Lipinski definition) is 2. The van der Waals surface area contributed by atoms with Crippen molar-refractivity contribution in [2.24, 2.45) is 0 Å². The second-order valence-electron chi connectivity index (χ2n) is 33.9. The quantitative estimate of drug-likeness (QED) is 0.0706. The molecule has 0 fully saturated rings. The number of nitrogens with zero attached hydrogens (tertiary/aromatic N) is 3. The molecule has 2 aliphatic heterocycles. The Morgan fingerprint density at radius 1 is 0.214 bits per heavy atom. The fourth-order valence-electron chi connectivity index (χ4n) is 19.9. The maximum Gasteiger partial charge on any atom is 0.252 e. The molecule has 1 aromatic heterocycles. The van der Waals surface area contributed by atoms with E-state index in [1.165, 1.54) is 112 Å². The van der Waals surface area contributed by atoms with Crippen molar-refractivity contribution in [3.8, 4) is 16.8 Å². The van der Waals surface area contributed by atoms with Crippen LogP contribution in [0.4, 0.5) is 34.1 Å². The van der Waals surface area contributed by atoms with E-state index >= 15 is 0 Å². The molecule has 560 valence electrons. The van der Waals surface area contributed by atoms with Crippen molar-refractivity contribution < 1.29 is 0 Å². The fourth-order valence-corrected chi connectivity index (χ4v) is 34.2. The van der Waals surface area contributed by atoms with Crippen LogP contribution in [-0.2, 0) is 10.8 Å². The monoisotopic (exact) mass is 1550 g/mol. The summed E-state index contributed by atoms with van der Waals surface area (Å²) >= 11 is 0. The van der Waals surface area contributed by atoms with E-state index in [0.29, 0.717) is 0 Å². The second-order valence-corrected chi connectivity index (χ2v) is 45.3. The van der Waals surface area contributed by atoms with Crippen LogP contribution in [0.3, 0.4) is 0 Å². The van der Waals surface area contributed by atoms with Crippen molar-refractivity contribution in [3.63, 3.8) is 0 Å². The molecule has 3 heterocycles. The molecule has 0 aliphatic carbocycles. The summed E-state index contributed by atoms with van der Waals surface area (Å²) in [6.45, 7) is 13.8. The summed E-state index contributed by atoms with van der Waals surface area (Å²) in [5.74, 6) is 0. The highest BCUT2D eigenvalue weighted by Gasteiger charge is 2.50. The standard InChI is InChI=1S/C110H90BN3Si3/c1-109(2,3)81-70-80(71-82(73-81)110(4,5)6)79-40-38-41-83(72-79)112-104-69-67-96(116(89-49-22-10-23-50-89,90-51-24-11-25-52-90)91-53-26-12-27-54-91)77-101(104)111-100-68-66-97(117(92-55-28-13-29-56-92,93-57-30-14-31-58-93)94-59-32-15-33-60-94)78-105(100)113(107-76-85(75-106(112)108(107)111)114-102-64-36-34-62-98(102)99-63-35-37-65-103(99)114)84-42-39-61-95(74-84)115(86-43-16-7-17-44-86,87-45-18-8-19-46-87)88-47-20-9-21-48-88/h7-78H,1-6H3. The SMILES string of the molecule is CC(C)(C)c1cc(-c2cccc(N3c4ccc([Si](c5ccccc5)(c5ccccc5)c5ccccc5)cc4B4c5ccc([Si](c6ccccc6)(c6ccccc6)c6ccccc6)cc5N(c5cccc([Si](c6ccccc6)(c6ccccc6)c6ccccc6)c5)c5cc(-n6c7ccccc7c7ccccc76)cc3c54)c2)cc(C(C)(C)C)c1. The molecule has 7 heteroatoms. The molecule has 3 nitrogen and oxygen atoms in total. The van der Waals surface area contributed by atoms with Gasteiger partial charge in [0.1, 0.15) is 0 Å². The Labute approximate surface area is 691 Å². The summed E-state index contributed by atoms with van der Waals surface area (Å²) < 4.78 is 2.56. The van der Waals surface area contributed by atoms with Crippen LogP contribution in [0, 0.1) is 0 Å². The molecule has 0 amide bonds. The number of hydrogen-bond donors (Lipinski definition) is 0. The minimum absolute atomic E-state index is 0.0959. The zero-order valence-corrected chi connectivity index (χ0v) is 70.0. The number of aromatic nitrogens is 1. The first-order valence-electron chi connectivity index (χ1n) is 41.2. The highest BCUT2D eigenvalue weighted by atomic mass is 28.3. The van der Waals surface area contributed by atoms with Gasteiger partial charge in [0.25, 0.3) is 6.71 Å². The lowest BCUT2D eigenvalue weighted by Gasteiger charge is -2.46. The van der Waals surface area contributed by atoms with Crippen LogP contribution in [0.2, 0.25) is 0 Å². The van der Waals surface area contributed by atoms with Crippen molar-refractivity contribution in [2.45, 2.75) is 52.4 Å². The summed E-state index contributed by atoms with van der Waals surface area (Å²) in [6, 6.07) is 169. The fraction of sp³-hybridized carbons (Fsp3) is 0.0727. The van der Waals surface area contributed by atoms with E-state index in [-0.39, 0.29) is 17.5 Å². The van der Waals surface area contributed by atoms with Gasteiger partial charge in [-0.3, -0.25) is 0 Å². The van der Waals surface area contributed by atoms with Gasteiger partial charge < -0.3 is 14.4 Å². The molecule has 0 radical (unpaired) electrons. The van der Waals surface area contributed by atoms with Gasteiger partial charge in [0.2, 0.25) is 0 Å². The third kappa shape index (κ3) is 12.0. The topological polar surface area (TPSA) is 11.4 Å². The minimum Gasteiger partial charge on any atom is -0.311 e. The maximum absolute atomic E-state index is 3.26. The van der Waals surface area contributed by atoms with E-state index in [2.05, 4.69) is 493 Å². The third-order valence-electron chi connectivity index (χ3n) is 25.3. The van der Waals surface area contributed by atoms with E-state index in [4.69, 9.17) is 0 Å². The Morgan fingerprint density at radius 3 is 0.932 bits per heavy atom. The lowest BCUT2D eigenvalue weighted by atomic mass is 9.33. The third-order valence-corrected chi connectivity index (χ3v) is 39.6. The van der Waals surface area contributed by atoms with Crippen LogP contribution >= 0.6 is 0 Å². The van der Waals surface area contributed by atoms with Gasteiger partial charge in [0.15, 0.2) is 24.2 Å². The minimum atomic E-state index is -3.26. The van der Waals surface area contributed by atoms with Gasteiger partial charge >= 0.3 is 0 Å². The van der Waals surface area contributed by atoms with Crippen LogP contribution in [0.1, 0.15) is 52.7 Å². The maximum atomic E-state index is 2.74. The molecule has 2 aliphatic rings. The van der Waals surface area contributed by atoms with Gasteiger partial charge in [-0.1, -0.05) is 418 Å². The Kier molecular flexibility index (Phi) is 18.2. The number of anilines is 6. The van der Waals surface area contributed by atoms with Crippen molar-refractivity contribution in [1.82, 2.24) is 4.57 Å². The van der Waals surface area contributed by atoms with Crippen molar-refractivity contribution in [2.75, 3.05) is 9.80 Å². The van der Waals surface area contributed by atoms with E-state index in [0.717, 1.165) is 50.8 Å². The predicted octanol–water partition coefficient (Wildman–Crippen LogP) is 17.3. The summed E-state index contributed by atoms with van der Waals surface area (Å²) in [7, 11) is -9.67. The number of rotatable bonds is 16. The average molecular weight is 1550 g/mol. The van der Waals surface area contributed by atoms with Gasteiger partial charge in [-0.25, -0.2) is 0 Å². The molecule has 0 saturated carbocycles. The van der Waals surface area contributed by atoms with Gasteiger partial charge in [-0.2, -0.15) is 0 Å². The van der Waals surface area contributed by atoms with E-state index < -0.39 is 24.2 Å². The highest BCUT2D eigenvalue weighted by Crippen LogP contribution is 2.48. The first kappa shape index (κ1) is 72.8. The van der Waals surface area contributed by atoms with Gasteiger partial charge in [-0.15, -0.1) is 0 Å². The molecule has 20 rings (SSSR count). The molecule has 0 N–H and O–H groups in total. The van der Waals surface area contributed by atoms with Crippen molar-refractivity contribution in [1.29, 1.82) is 0 Å². The van der Waals surface area contributed by atoms with Gasteiger partial charge in [-0.05, 0) is 172 Å². The summed E-state index contributed by atoms with van der Waals surface area (Å²) in [6.07, 6.45) is 0. The van der Waals surface area contributed by atoms with Crippen molar-refractivity contribution in [3.05, 3.63) is 448 Å². The van der Waals surface area contributed by atoms with Crippen LogP contribution in [0.5, 0.6) is 0 Å². The smallest absolute Gasteiger partial charge is 0.252 e. The lowest BCUT2D eigenvalue weighted by molar-refractivity contribution is 0.569. The number of para-hydroxylation sites is 2. The molecule has 117 heavy (non-hydrogen) atoms. The normalized spacial score (nSPS) is 12.8. The van der Waals surface area contributed by atoms with Crippen LogP contribution in [0.15, 0.2) is 437 Å². The zero-order valence-electron chi connectivity index (χ0n) is 67.0. The number of benzene rings is 17. The van der Waals surface area contributed by atoms with Crippen molar-refractivity contribution >= 4 is 165 Å². The molecule has 0 spiro atoms. The van der Waals surface area contributed by atoms with Crippen LogP contribution in [0.25, 0.3) is 38.6 Å². The van der Waals surface area contributed by atoms with E-state index in [9.17, 15) is 0 Å². The first-order chi connectivity index (χ1) is 57.3. The van der Waals surface area contributed by atoms with Crippen LogP contribution < -0.4 is 88.4 Å². The molecule has 18 aromatic rings. The van der Waals surface area contributed by atoms with E-state index in [1.54, 1.807) is 0 Å². The first-order valence-corrected chi connectivity index (χ1v) is 47.2. The molecule has 0 unspecified atom stereocenters. The van der Waals surface area contributed by atoms with Crippen LogP contribution in [-0.4, -0.2) is 35.5 Å². The predicted molar refractivity (Wildman–Crippen MR) is 508 cm³/mol. The Morgan fingerprint density at radius 2 is 0.538 bits per heavy atom. The second kappa shape index (κ2) is 29.3.